The highest BCUT2D eigenvalue weighted by molar-refractivity contribution is 7.59. The third-order valence-electron chi connectivity index (χ3n) is 4.80. The molecule has 1 unspecified atom stereocenters. The van der Waals surface area contributed by atoms with Crippen molar-refractivity contribution < 1.29 is 9.09 Å². The first-order valence-corrected chi connectivity index (χ1v) is 11.3. The smallest absolute Gasteiger partial charge is 0.206 e. The quantitative estimate of drug-likeness (QED) is 0.328. The Morgan fingerprint density at radius 3 is 2.05 bits per heavy atom. The van der Waals surface area contributed by atoms with Gasteiger partial charge in [-0.25, -0.2) is 0 Å². The zero-order valence-corrected chi connectivity index (χ0v) is 15.3. The van der Waals surface area contributed by atoms with Gasteiger partial charge in [-0.15, -0.1) is 0 Å². The zero-order chi connectivity index (χ0) is 15.4. The molecule has 0 spiro atoms. The third-order valence-corrected chi connectivity index (χ3v) is 8.07. The molecule has 1 aliphatic carbocycles. The van der Waals surface area contributed by atoms with Gasteiger partial charge in [-0.1, -0.05) is 71.1 Å². The maximum atomic E-state index is 13.3. The average Bonchev–Trinajstić information content (AvgIpc) is 2.42. The molecule has 1 saturated carbocycles. The normalized spacial score (nSPS) is 20.7. The molecule has 0 aromatic heterocycles. The highest BCUT2D eigenvalue weighted by Crippen LogP contribution is 2.56. The summed E-state index contributed by atoms with van der Waals surface area (Å²) in [5.41, 5.74) is 0.355. The van der Waals surface area contributed by atoms with Crippen LogP contribution in [0.1, 0.15) is 97.3 Å². The van der Waals surface area contributed by atoms with Gasteiger partial charge in [0.25, 0.3) is 0 Å². The van der Waals surface area contributed by atoms with Crippen LogP contribution in [0.25, 0.3) is 0 Å². The van der Waals surface area contributed by atoms with Gasteiger partial charge in [0.15, 0.2) is 0 Å². The Balaban J connectivity index is 2.41. The van der Waals surface area contributed by atoms with Crippen LogP contribution >= 0.6 is 7.37 Å². The van der Waals surface area contributed by atoms with Gasteiger partial charge >= 0.3 is 0 Å². The predicted octanol–water partition coefficient (Wildman–Crippen LogP) is 6.77. The molecular formula is C18H37O2P. The molecule has 21 heavy (non-hydrogen) atoms. The molecule has 0 aromatic rings. The third kappa shape index (κ3) is 7.84. The fourth-order valence-electron chi connectivity index (χ4n) is 3.51. The van der Waals surface area contributed by atoms with Gasteiger partial charge in [0.2, 0.25) is 7.37 Å². The minimum absolute atomic E-state index is 0.355. The van der Waals surface area contributed by atoms with Gasteiger partial charge in [0, 0.05) is 11.8 Å². The maximum absolute atomic E-state index is 13.3. The van der Waals surface area contributed by atoms with E-state index >= 15 is 0 Å². The Bertz CT molecular complexity index is 283. The first-order chi connectivity index (χ1) is 10.2. The molecule has 126 valence electrons. The van der Waals surface area contributed by atoms with Crippen LogP contribution in [0.4, 0.5) is 0 Å². The van der Waals surface area contributed by atoms with E-state index in [0.717, 1.165) is 25.4 Å². The van der Waals surface area contributed by atoms with E-state index in [4.69, 9.17) is 4.52 Å². The molecule has 0 aliphatic heterocycles. The van der Waals surface area contributed by atoms with Crippen LogP contribution in [0.15, 0.2) is 0 Å². The van der Waals surface area contributed by atoms with E-state index in [2.05, 4.69) is 6.92 Å². The van der Waals surface area contributed by atoms with E-state index in [-0.39, 0.29) is 0 Å². The average molecular weight is 316 g/mol. The summed E-state index contributed by atoms with van der Waals surface area (Å²) in [6, 6.07) is 0. The molecule has 0 bridgehead atoms. The molecule has 2 nitrogen and oxygen atoms in total. The fraction of sp³-hybridized carbons (Fsp3) is 1.00. The monoisotopic (exact) mass is 316 g/mol. The highest BCUT2D eigenvalue weighted by atomic mass is 31.2. The van der Waals surface area contributed by atoms with Crippen molar-refractivity contribution in [3.63, 3.8) is 0 Å². The first-order valence-electron chi connectivity index (χ1n) is 9.46. The molecule has 0 radical (unpaired) electrons. The van der Waals surface area contributed by atoms with E-state index in [1.807, 2.05) is 6.92 Å². The van der Waals surface area contributed by atoms with Crippen LogP contribution in [-0.4, -0.2) is 18.4 Å². The van der Waals surface area contributed by atoms with Gasteiger partial charge in [-0.2, -0.15) is 0 Å². The largest absolute Gasteiger partial charge is 0.329 e. The summed E-state index contributed by atoms with van der Waals surface area (Å²) in [4.78, 5) is 0. The van der Waals surface area contributed by atoms with Gasteiger partial charge in [0.1, 0.15) is 0 Å². The standard InChI is InChI=1S/C18H37O2P/c1-3-5-6-7-11-14-17-21(19,20-4-2)18-15-12-9-8-10-13-16-18/h18H,3-17H2,1-2H3. The molecule has 1 aliphatic rings. The molecule has 0 saturated heterocycles. The minimum atomic E-state index is -2.40. The number of rotatable bonds is 10. The molecule has 0 heterocycles. The van der Waals surface area contributed by atoms with Crippen molar-refractivity contribution in [2.75, 3.05) is 12.8 Å². The Morgan fingerprint density at radius 1 is 0.857 bits per heavy atom. The summed E-state index contributed by atoms with van der Waals surface area (Å²) in [6.45, 7) is 4.86. The lowest BCUT2D eigenvalue weighted by molar-refractivity contribution is 0.316. The van der Waals surface area contributed by atoms with E-state index < -0.39 is 7.37 Å². The number of hydrogen-bond acceptors (Lipinski definition) is 2. The second-order valence-electron chi connectivity index (χ2n) is 6.63. The Hall–Kier alpha value is 0.190. The van der Waals surface area contributed by atoms with Crippen LogP contribution in [0.2, 0.25) is 0 Å². The van der Waals surface area contributed by atoms with Crippen LogP contribution in [0.5, 0.6) is 0 Å². The van der Waals surface area contributed by atoms with Crippen LogP contribution < -0.4 is 0 Å². The van der Waals surface area contributed by atoms with Gasteiger partial charge in [-0.3, -0.25) is 4.57 Å². The molecule has 1 atom stereocenters. The van der Waals surface area contributed by atoms with Crippen molar-refractivity contribution in [3.05, 3.63) is 0 Å². The first kappa shape index (κ1) is 19.2. The lowest BCUT2D eigenvalue weighted by Gasteiger charge is -2.29. The summed E-state index contributed by atoms with van der Waals surface area (Å²) in [5, 5.41) is 0. The topological polar surface area (TPSA) is 26.3 Å². The zero-order valence-electron chi connectivity index (χ0n) is 14.4. The predicted molar refractivity (Wildman–Crippen MR) is 93.6 cm³/mol. The second-order valence-corrected chi connectivity index (χ2v) is 9.52. The van der Waals surface area contributed by atoms with Crippen molar-refractivity contribution in [3.8, 4) is 0 Å². The molecule has 3 heteroatoms. The number of unbranched alkanes of at least 4 members (excludes halogenated alkanes) is 5. The van der Waals surface area contributed by atoms with Crippen molar-refractivity contribution in [2.45, 2.75) is 103 Å². The maximum Gasteiger partial charge on any atom is 0.206 e. The van der Waals surface area contributed by atoms with Gasteiger partial charge < -0.3 is 4.52 Å². The summed E-state index contributed by atoms with van der Waals surface area (Å²) in [6.07, 6.45) is 17.2. The van der Waals surface area contributed by atoms with E-state index in [1.54, 1.807) is 0 Å². The number of hydrogen-bond donors (Lipinski definition) is 0. The van der Waals surface area contributed by atoms with Crippen molar-refractivity contribution in [1.82, 2.24) is 0 Å². The van der Waals surface area contributed by atoms with E-state index in [9.17, 15) is 4.57 Å². The molecule has 1 rings (SSSR count). The Labute approximate surface area is 132 Å². The molecular weight excluding hydrogens is 279 g/mol. The van der Waals surface area contributed by atoms with Gasteiger partial charge in [0.05, 0.1) is 6.61 Å². The highest BCUT2D eigenvalue weighted by Gasteiger charge is 2.32. The van der Waals surface area contributed by atoms with Crippen LogP contribution in [0.3, 0.4) is 0 Å². The summed E-state index contributed by atoms with van der Waals surface area (Å²) in [7, 11) is -2.40. The molecule has 0 N–H and O–H groups in total. The summed E-state index contributed by atoms with van der Waals surface area (Å²) < 4.78 is 19.1. The summed E-state index contributed by atoms with van der Waals surface area (Å²) in [5.74, 6) is 0. The van der Waals surface area contributed by atoms with E-state index in [0.29, 0.717) is 12.3 Å². The lowest BCUT2D eigenvalue weighted by Crippen LogP contribution is -2.15. The molecule has 0 aromatic carbocycles. The fourth-order valence-corrected chi connectivity index (χ4v) is 6.47. The second kappa shape index (κ2) is 11.7. The van der Waals surface area contributed by atoms with E-state index in [1.165, 1.54) is 64.2 Å². The summed E-state index contributed by atoms with van der Waals surface area (Å²) >= 11 is 0. The van der Waals surface area contributed by atoms with Crippen molar-refractivity contribution in [1.29, 1.82) is 0 Å². The van der Waals surface area contributed by atoms with Crippen molar-refractivity contribution >= 4 is 7.37 Å². The Morgan fingerprint density at radius 2 is 1.43 bits per heavy atom. The molecule has 1 fully saturated rings. The Kier molecular flexibility index (Phi) is 10.7. The van der Waals surface area contributed by atoms with Crippen LogP contribution in [0, 0.1) is 0 Å². The van der Waals surface area contributed by atoms with Crippen LogP contribution in [-0.2, 0) is 9.09 Å². The SMILES string of the molecule is CCCCCCCCP(=O)(OCC)C1CCCCCCC1. The van der Waals surface area contributed by atoms with Crippen molar-refractivity contribution in [2.24, 2.45) is 0 Å². The minimum Gasteiger partial charge on any atom is -0.329 e. The molecule has 0 amide bonds. The van der Waals surface area contributed by atoms with Gasteiger partial charge in [-0.05, 0) is 26.2 Å². The lowest BCUT2D eigenvalue weighted by atomic mass is 10.0.